The number of hydrogen-bond donors (Lipinski definition) is 5. The van der Waals surface area contributed by atoms with Crippen LogP contribution in [-0.2, 0) is 39.8 Å². The molecule has 0 amide bonds. The molecule has 1 aliphatic rings. The number of nitrogens with one attached hydrogen (secondary N) is 1. The second-order valence-corrected chi connectivity index (χ2v) is 15.3. The smallest absolute Gasteiger partial charge is 0.303 e. The van der Waals surface area contributed by atoms with E-state index in [1.165, 1.54) is 12.1 Å². The Labute approximate surface area is 283 Å². The second-order valence-electron chi connectivity index (χ2n) is 11.6. The van der Waals surface area contributed by atoms with Crippen molar-refractivity contribution in [1.29, 1.82) is 0 Å². The van der Waals surface area contributed by atoms with Crippen LogP contribution in [0.5, 0.6) is 0 Å². The Morgan fingerprint density at radius 3 is 2.42 bits per heavy atom. The minimum Gasteiger partial charge on any atom is -0.481 e. The van der Waals surface area contributed by atoms with Gasteiger partial charge in [0.15, 0.2) is 0 Å². The third-order valence-corrected chi connectivity index (χ3v) is 10.6. The van der Waals surface area contributed by atoms with Crippen molar-refractivity contribution in [2.24, 2.45) is 0 Å². The number of para-hydroxylation sites is 1. The lowest BCUT2D eigenvalue weighted by Crippen LogP contribution is -2.42. The van der Waals surface area contributed by atoms with Crippen LogP contribution in [-0.4, -0.2) is 60.6 Å². The molecule has 2 atom stereocenters. The predicted molar refractivity (Wildman–Crippen MR) is 183 cm³/mol. The van der Waals surface area contributed by atoms with Crippen LogP contribution >= 0.6 is 12.0 Å². The van der Waals surface area contributed by atoms with Crippen molar-refractivity contribution in [2.75, 3.05) is 22.5 Å². The quantitative estimate of drug-likeness (QED) is 0.0239. The molecule has 0 saturated carbocycles. The number of unbranched alkanes of at least 4 members (excludes halogenated alkanes) is 2. The molecule has 0 radical (unpaired) electrons. The number of hydrogen-bond acceptors (Lipinski definition) is 11. The number of allylic oxidation sites excluding steroid dienone is 2. The molecule has 16 heteroatoms. The van der Waals surface area contributed by atoms with E-state index >= 15 is 0 Å². The van der Waals surface area contributed by atoms with E-state index in [0.29, 0.717) is 54.2 Å². The van der Waals surface area contributed by atoms with Crippen LogP contribution in [0.3, 0.4) is 0 Å². The number of anilines is 2. The van der Waals surface area contributed by atoms with E-state index < -0.39 is 48.3 Å². The van der Waals surface area contributed by atoms with Crippen molar-refractivity contribution in [3.05, 3.63) is 84.6 Å². The fraction of sp³-hybridized carbons (Fsp3) is 0.344. The summed E-state index contributed by atoms with van der Waals surface area (Å²) in [7, 11) is -8.94. The zero-order chi connectivity index (χ0) is 35.0. The van der Waals surface area contributed by atoms with Crippen molar-refractivity contribution >= 4 is 60.4 Å². The normalized spacial score (nSPS) is 18.2. The van der Waals surface area contributed by atoms with Gasteiger partial charge in [0, 0.05) is 40.9 Å². The van der Waals surface area contributed by atoms with E-state index in [4.69, 9.17) is 10.4 Å². The Hall–Kier alpha value is -3.48. The summed E-state index contributed by atoms with van der Waals surface area (Å²) in [5, 5.41) is 25.9. The van der Waals surface area contributed by atoms with E-state index in [1.807, 2.05) is 66.4 Å². The number of carboxylic acids is 1. The molecular weight excluding hydrogens is 685 g/mol. The first-order valence-corrected chi connectivity index (χ1v) is 18.9. The molecule has 0 aliphatic carbocycles. The van der Waals surface area contributed by atoms with E-state index in [0.717, 1.165) is 11.3 Å². The first-order valence-electron chi connectivity index (χ1n) is 15.1. The van der Waals surface area contributed by atoms with Gasteiger partial charge in [0.1, 0.15) is 0 Å². The van der Waals surface area contributed by atoms with Gasteiger partial charge in [-0.1, -0.05) is 61.2 Å². The SMILES string of the molecule is CC1(CCCCCC(=O)O)c2c(ccc3c(SOOO)cc(S(=O)(=O)O)cc23)N(CCCS(=O)(=O)O)C1/C=C/C=C/Nc1ccccc1. The van der Waals surface area contributed by atoms with Gasteiger partial charge in [-0.05, 0) is 72.0 Å². The maximum absolute atomic E-state index is 12.4. The van der Waals surface area contributed by atoms with Crippen molar-refractivity contribution in [3.8, 4) is 0 Å². The number of carbonyl (C=O) groups is 1. The molecule has 13 nitrogen and oxygen atoms in total. The fourth-order valence-electron chi connectivity index (χ4n) is 6.23. The van der Waals surface area contributed by atoms with E-state index in [1.54, 1.807) is 12.3 Å². The lowest BCUT2D eigenvalue weighted by Gasteiger charge is -2.35. The molecule has 48 heavy (non-hydrogen) atoms. The standard InChI is InChI=1S/C32H38N2O11S3/c1-32(17-8-3-6-14-30(35)36)29(13-7-9-18-33-23-11-4-2-5-12-23)34(19-10-20-47(38,39)40)27-16-15-25-26(31(27)32)21-24(48(41,42)43)22-28(25)46-45-44-37/h2,4-5,7,9,11-13,15-16,18,21-22,29,33,37H,3,6,8,10,14,17,19-20H2,1H3,(H,35,36)(H,38,39,40)(H,41,42,43)/b13-7+,18-9+. The van der Waals surface area contributed by atoms with E-state index in [2.05, 4.69) is 14.7 Å². The largest absolute Gasteiger partial charge is 0.481 e. The summed E-state index contributed by atoms with van der Waals surface area (Å²) in [6.45, 7) is 2.22. The van der Waals surface area contributed by atoms with Crippen molar-refractivity contribution in [1.82, 2.24) is 0 Å². The average molecular weight is 723 g/mol. The summed E-state index contributed by atoms with van der Waals surface area (Å²) in [6, 6.07) is 15.2. The van der Waals surface area contributed by atoms with Crippen LogP contribution in [0.15, 0.2) is 88.8 Å². The topological polar surface area (TPSA) is 200 Å². The van der Waals surface area contributed by atoms with Gasteiger partial charge in [0.25, 0.3) is 20.2 Å². The lowest BCUT2D eigenvalue weighted by molar-refractivity contribution is -0.432. The predicted octanol–water partition coefficient (Wildman–Crippen LogP) is 6.46. The Kier molecular flexibility index (Phi) is 12.7. The molecule has 3 aromatic carbocycles. The molecule has 2 unspecified atom stereocenters. The number of aliphatic carboxylic acids is 1. The third-order valence-electron chi connectivity index (χ3n) is 8.28. The van der Waals surface area contributed by atoms with Crippen LogP contribution < -0.4 is 10.2 Å². The molecule has 3 aromatic rings. The van der Waals surface area contributed by atoms with Gasteiger partial charge in [-0.15, -0.1) is 4.33 Å². The van der Waals surface area contributed by atoms with Gasteiger partial charge in [-0.25, -0.2) is 5.26 Å². The highest BCUT2D eigenvalue weighted by atomic mass is 32.2. The number of benzene rings is 3. The van der Waals surface area contributed by atoms with Crippen LogP contribution in [0.1, 0.15) is 51.0 Å². The number of rotatable bonds is 18. The maximum Gasteiger partial charge on any atom is 0.303 e. The van der Waals surface area contributed by atoms with Crippen molar-refractivity contribution in [3.63, 3.8) is 0 Å². The Balaban J connectivity index is 1.86. The number of nitrogens with zero attached hydrogens (tertiary/aromatic N) is 1. The summed E-state index contributed by atoms with van der Waals surface area (Å²) in [5.74, 6) is -1.36. The summed E-state index contributed by atoms with van der Waals surface area (Å²) in [6.07, 6.45) is 9.73. The molecule has 0 spiro atoms. The first-order chi connectivity index (χ1) is 22.7. The highest BCUT2D eigenvalue weighted by molar-refractivity contribution is 7.94. The van der Waals surface area contributed by atoms with Crippen LogP contribution in [0.25, 0.3) is 10.8 Å². The average Bonchev–Trinajstić information content (AvgIpc) is 3.25. The fourth-order valence-corrected chi connectivity index (χ4v) is 7.88. The minimum atomic E-state index is -4.70. The summed E-state index contributed by atoms with van der Waals surface area (Å²) in [4.78, 5) is 13.0. The van der Waals surface area contributed by atoms with Crippen LogP contribution in [0.2, 0.25) is 0 Å². The van der Waals surface area contributed by atoms with Crippen LogP contribution in [0.4, 0.5) is 11.4 Å². The zero-order valence-electron chi connectivity index (χ0n) is 26.1. The Morgan fingerprint density at radius 2 is 1.75 bits per heavy atom. The molecule has 1 aliphatic heterocycles. The second kappa shape index (κ2) is 16.3. The van der Waals surface area contributed by atoms with Crippen molar-refractivity contribution in [2.45, 2.75) is 66.7 Å². The zero-order valence-corrected chi connectivity index (χ0v) is 28.5. The summed E-state index contributed by atoms with van der Waals surface area (Å²) in [5.41, 5.74) is 1.55. The monoisotopic (exact) mass is 722 g/mol. The highest BCUT2D eigenvalue weighted by Gasteiger charge is 2.47. The Bertz CT molecular complexity index is 1870. The van der Waals surface area contributed by atoms with Gasteiger partial charge in [-0.2, -0.15) is 16.8 Å². The van der Waals surface area contributed by atoms with Gasteiger partial charge in [-0.3, -0.25) is 13.9 Å². The maximum atomic E-state index is 12.4. The Morgan fingerprint density at radius 1 is 1.00 bits per heavy atom. The number of fused-ring (bicyclic) bond motifs is 3. The van der Waals surface area contributed by atoms with Crippen LogP contribution in [0, 0.1) is 0 Å². The molecule has 4 rings (SSSR count). The van der Waals surface area contributed by atoms with Gasteiger partial charge >= 0.3 is 5.97 Å². The molecule has 0 aromatic heterocycles. The van der Waals surface area contributed by atoms with E-state index in [9.17, 15) is 30.7 Å². The van der Waals surface area contributed by atoms with Gasteiger partial charge in [0.05, 0.1) is 28.7 Å². The molecule has 0 fully saturated rings. The minimum absolute atomic E-state index is 0.0196. The third kappa shape index (κ3) is 9.57. The summed E-state index contributed by atoms with van der Waals surface area (Å²) >= 11 is 0.547. The lowest BCUT2D eigenvalue weighted by atomic mass is 9.72. The number of carboxylic acid groups (broad SMARTS) is 1. The molecule has 1 heterocycles. The van der Waals surface area contributed by atoms with Crippen molar-refractivity contribution < 1.29 is 50.5 Å². The summed E-state index contributed by atoms with van der Waals surface area (Å²) < 4.78 is 72.2. The van der Waals surface area contributed by atoms with E-state index in [-0.39, 0.29) is 24.3 Å². The molecule has 260 valence electrons. The first kappa shape index (κ1) is 37.3. The molecule has 0 saturated heterocycles. The molecular formula is C32H38N2O11S3. The van der Waals surface area contributed by atoms with Gasteiger partial charge in [0.2, 0.25) is 0 Å². The highest BCUT2D eigenvalue weighted by Crippen LogP contribution is 2.53. The van der Waals surface area contributed by atoms with Gasteiger partial charge < -0.3 is 15.3 Å². The molecule has 0 bridgehead atoms. The molecule has 5 N–H and O–H groups in total.